The van der Waals surface area contributed by atoms with Crippen LogP contribution in [-0.2, 0) is 6.54 Å². The van der Waals surface area contributed by atoms with Crippen molar-refractivity contribution in [3.05, 3.63) is 60.9 Å². The molecule has 3 aromatic heterocycles. The van der Waals surface area contributed by atoms with E-state index in [1.165, 1.54) is 12.1 Å². The molecular weight excluding hydrogens is 327 g/mol. The van der Waals surface area contributed by atoms with Crippen molar-refractivity contribution in [2.75, 3.05) is 0 Å². The number of imidazole rings is 1. The average Bonchev–Trinajstić information content (AvgIpc) is 3.27. The normalized spacial score (nSPS) is 11.5. The van der Waals surface area contributed by atoms with Crippen molar-refractivity contribution in [3.63, 3.8) is 0 Å². The molecule has 0 saturated heterocycles. The summed E-state index contributed by atoms with van der Waals surface area (Å²) in [6, 6.07) is 10.6. The van der Waals surface area contributed by atoms with Crippen LogP contribution in [0, 0.1) is 11.7 Å². The zero-order valence-corrected chi connectivity index (χ0v) is 14.9. The van der Waals surface area contributed by atoms with Crippen molar-refractivity contribution in [1.82, 2.24) is 19.5 Å². The summed E-state index contributed by atoms with van der Waals surface area (Å²) in [6.45, 7) is 5.32. The second kappa shape index (κ2) is 6.75. The number of hydrogen-bond acceptors (Lipinski definition) is 2. The third-order valence-corrected chi connectivity index (χ3v) is 4.62. The monoisotopic (exact) mass is 348 g/mol. The third-order valence-electron chi connectivity index (χ3n) is 4.62. The predicted octanol–water partition coefficient (Wildman–Crippen LogP) is 5.28. The van der Waals surface area contributed by atoms with Crippen LogP contribution in [0.4, 0.5) is 4.39 Å². The van der Waals surface area contributed by atoms with Crippen LogP contribution >= 0.6 is 0 Å². The molecule has 0 unspecified atom stereocenters. The minimum atomic E-state index is -0.244. The van der Waals surface area contributed by atoms with Crippen LogP contribution in [-0.4, -0.2) is 19.5 Å². The first-order chi connectivity index (χ1) is 12.6. The lowest BCUT2D eigenvalue weighted by Crippen LogP contribution is -2.03. The van der Waals surface area contributed by atoms with Gasteiger partial charge in [-0.15, -0.1) is 0 Å². The first-order valence-corrected chi connectivity index (χ1v) is 8.87. The smallest absolute Gasteiger partial charge is 0.137 e. The van der Waals surface area contributed by atoms with Gasteiger partial charge in [0.25, 0.3) is 0 Å². The van der Waals surface area contributed by atoms with Gasteiger partial charge in [0, 0.05) is 35.5 Å². The van der Waals surface area contributed by atoms with Gasteiger partial charge in [0.2, 0.25) is 0 Å². The van der Waals surface area contributed by atoms with Gasteiger partial charge in [0.15, 0.2) is 0 Å². The van der Waals surface area contributed by atoms with E-state index >= 15 is 0 Å². The number of rotatable bonds is 5. The number of fused-ring (bicyclic) bond motifs is 1. The predicted molar refractivity (Wildman–Crippen MR) is 102 cm³/mol. The number of benzene rings is 1. The maximum atomic E-state index is 13.4. The van der Waals surface area contributed by atoms with Crippen LogP contribution in [0.15, 0.2) is 55.1 Å². The molecule has 0 aliphatic carbocycles. The lowest BCUT2D eigenvalue weighted by atomic mass is 10.0. The van der Waals surface area contributed by atoms with Crippen LogP contribution in [0.2, 0.25) is 0 Å². The summed E-state index contributed by atoms with van der Waals surface area (Å²) < 4.78 is 15.6. The Morgan fingerprint density at radius 3 is 2.65 bits per heavy atom. The molecule has 4 nitrogen and oxygen atoms in total. The van der Waals surface area contributed by atoms with E-state index in [1.807, 2.05) is 30.9 Å². The number of aromatic amines is 1. The SMILES string of the molecule is CC(C)CCn1cnc(-c2ccc(F)cc2)c1-c1ccnc2[nH]ccc12. The van der Waals surface area contributed by atoms with Gasteiger partial charge in [0.05, 0.1) is 17.7 Å². The third kappa shape index (κ3) is 3.01. The number of hydrogen-bond donors (Lipinski definition) is 1. The molecule has 1 aromatic carbocycles. The largest absolute Gasteiger partial charge is 0.346 e. The summed E-state index contributed by atoms with van der Waals surface area (Å²) in [7, 11) is 0. The summed E-state index contributed by atoms with van der Waals surface area (Å²) in [6.07, 6.45) is 6.65. The fourth-order valence-electron chi connectivity index (χ4n) is 3.22. The molecule has 26 heavy (non-hydrogen) atoms. The highest BCUT2D eigenvalue weighted by Crippen LogP contribution is 2.35. The van der Waals surface area contributed by atoms with Crippen molar-refractivity contribution in [2.24, 2.45) is 5.92 Å². The highest BCUT2D eigenvalue weighted by Gasteiger charge is 2.18. The fraction of sp³-hybridized carbons (Fsp3) is 0.238. The standard InChI is InChI=1S/C21H21FN4/c1-14(2)9-12-26-13-25-19(15-3-5-16(22)6-4-15)20(26)17-7-10-23-21-18(17)8-11-24-21/h3-8,10-11,13-14H,9,12H2,1-2H3,(H,23,24). The van der Waals surface area contributed by atoms with Crippen LogP contribution in [0.1, 0.15) is 20.3 Å². The molecule has 0 aliphatic heterocycles. The van der Waals surface area contributed by atoms with Gasteiger partial charge in [-0.1, -0.05) is 13.8 Å². The number of aryl methyl sites for hydroxylation is 1. The lowest BCUT2D eigenvalue weighted by Gasteiger charge is -2.13. The Morgan fingerprint density at radius 2 is 1.88 bits per heavy atom. The second-order valence-corrected chi connectivity index (χ2v) is 6.92. The second-order valence-electron chi connectivity index (χ2n) is 6.92. The van der Waals surface area contributed by atoms with Crippen molar-refractivity contribution in [2.45, 2.75) is 26.8 Å². The zero-order valence-electron chi connectivity index (χ0n) is 14.9. The van der Waals surface area contributed by atoms with E-state index in [1.54, 1.807) is 12.1 Å². The van der Waals surface area contributed by atoms with Crippen molar-refractivity contribution in [3.8, 4) is 22.5 Å². The average molecular weight is 348 g/mol. The molecule has 0 amide bonds. The van der Waals surface area contributed by atoms with Gasteiger partial charge >= 0.3 is 0 Å². The summed E-state index contributed by atoms with van der Waals surface area (Å²) in [5.41, 5.74) is 4.75. The van der Waals surface area contributed by atoms with E-state index in [2.05, 4.69) is 33.4 Å². The molecule has 1 N–H and O–H groups in total. The first-order valence-electron chi connectivity index (χ1n) is 8.87. The zero-order chi connectivity index (χ0) is 18.1. The van der Waals surface area contributed by atoms with Gasteiger partial charge in [-0.2, -0.15) is 0 Å². The van der Waals surface area contributed by atoms with Crippen LogP contribution in [0.3, 0.4) is 0 Å². The number of pyridine rings is 1. The number of H-pyrrole nitrogens is 1. The molecule has 0 aliphatic rings. The van der Waals surface area contributed by atoms with Crippen LogP contribution in [0.5, 0.6) is 0 Å². The highest BCUT2D eigenvalue weighted by molar-refractivity contribution is 5.95. The van der Waals surface area contributed by atoms with Gasteiger partial charge in [0.1, 0.15) is 11.5 Å². The molecule has 132 valence electrons. The Balaban J connectivity index is 1.90. The van der Waals surface area contributed by atoms with E-state index < -0.39 is 0 Å². The summed E-state index contributed by atoms with van der Waals surface area (Å²) in [5.74, 6) is 0.357. The molecule has 0 saturated carbocycles. The molecule has 0 bridgehead atoms. The molecular formula is C21H21FN4. The highest BCUT2D eigenvalue weighted by atomic mass is 19.1. The molecule has 4 rings (SSSR count). The van der Waals surface area contributed by atoms with Crippen molar-refractivity contribution in [1.29, 1.82) is 0 Å². The van der Waals surface area contributed by atoms with Gasteiger partial charge in [-0.05, 0) is 48.7 Å². The Labute approximate surface area is 151 Å². The molecule has 3 heterocycles. The number of nitrogens with one attached hydrogen (secondary N) is 1. The number of aromatic nitrogens is 4. The van der Waals surface area contributed by atoms with E-state index in [-0.39, 0.29) is 5.82 Å². The molecule has 5 heteroatoms. The molecule has 0 fully saturated rings. The van der Waals surface area contributed by atoms with Crippen molar-refractivity contribution < 1.29 is 4.39 Å². The lowest BCUT2D eigenvalue weighted by molar-refractivity contribution is 0.518. The first kappa shape index (κ1) is 16.5. The maximum Gasteiger partial charge on any atom is 0.137 e. The summed E-state index contributed by atoms with van der Waals surface area (Å²) >= 11 is 0. The Hall–Kier alpha value is -2.95. The van der Waals surface area contributed by atoms with Crippen molar-refractivity contribution >= 4 is 11.0 Å². The van der Waals surface area contributed by atoms with E-state index in [0.717, 1.165) is 46.5 Å². The number of nitrogens with zero attached hydrogens (tertiary/aromatic N) is 3. The van der Waals surface area contributed by atoms with Crippen LogP contribution < -0.4 is 0 Å². The number of halogens is 1. The minimum absolute atomic E-state index is 0.244. The summed E-state index contributed by atoms with van der Waals surface area (Å²) in [5, 5.41) is 1.06. The maximum absolute atomic E-state index is 13.4. The van der Waals surface area contributed by atoms with E-state index in [0.29, 0.717) is 5.92 Å². The Bertz CT molecular complexity index is 1030. The fourth-order valence-corrected chi connectivity index (χ4v) is 3.22. The molecule has 0 radical (unpaired) electrons. The Morgan fingerprint density at radius 1 is 1.08 bits per heavy atom. The van der Waals surface area contributed by atoms with E-state index in [4.69, 9.17) is 0 Å². The van der Waals surface area contributed by atoms with E-state index in [9.17, 15) is 4.39 Å². The quantitative estimate of drug-likeness (QED) is 0.533. The molecule has 4 aromatic rings. The molecule has 0 atom stereocenters. The van der Waals surface area contributed by atoms with Gasteiger partial charge in [-0.25, -0.2) is 14.4 Å². The topological polar surface area (TPSA) is 46.5 Å². The van der Waals surface area contributed by atoms with Crippen LogP contribution in [0.25, 0.3) is 33.5 Å². The minimum Gasteiger partial charge on any atom is -0.346 e. The summed E-state index contributed by atoms with van der Waals surface area (Å²) in [4.78, 5) is 12.2. The Kier molecular flexibility index (Phi) is 4.29. The van der Waals surface area contributed by atoms with Gasteiger partial charge < -0.3 is 9.55 Å². The van der Waals surface area contributed by atoms with Gasteiger partial charge in [-0.3, -0.25) is 0 Å². The molecule has 0 spiro atoms.